The third-order valence-electron chi connectivity index (χ3n) is 8.51. The molecule has 236 valence electrons. The van der Waals surface area contributed by atoms with Crippen LogP contribution in [-0.2, 0) is 11.8 Å². The molecule has 0 unspecified atom stereocenters. The number of benzene rings is 3. The summed E-state index contributed by atoms with van der Waals surface area (Å²) >= 11 is 0. The molecule has 0 bridgehead atoms. The molecule has 3 aromatic carbocycles. The first kappa shape index (κ1) is 30.8. The highest BCUT2D eigenvalue weighted by Crippen LogP contribution is 2.36. The molecule has 1 fully saturated rings. The van der Waals surface area contributed by atoms with E-state index < -0.39 is 5.91 Å². The Balaban J connectivity index is 1.19. The molecule has 3 heterocycles. The molecule has 6 rings (SSSR count). The van der Waals surface area contributed by atoms with Gasteiger partial charge in [0.2, 0.25) is 0 Å². The molecule has 3 N–H and O–H groups in total. The van der Waals surface area contributed by atoms with Crippen molar-refractivity contribution in [3.63, 3.8) is 0 Å². The average molecular weight is 619 g/mol. The fourth-order valence-electron chi connectivity index (χ4n) is 5.89. The van der Waals surface area contributed by atoms with E-state index in [9.17, 15) is 9.59 Å². The highest BCUT2D eigenvalue weighted by Gasteiger charge is 2.22. The second kappa shape index (κ2) is 13.4. The summed E-state index contributed by atoms with van der Waals surface area (Å²) in [6, 6.07) is 24.6. The first-order valence-corrected chi connectivity index (χ1v) is 15.4. The van der Waals surface area contributed by atoms with Crippen LogP contribution in [0.4, 0.5) is 11.5 Å². The maximum Gasteiger partial charge on any atom is 0.284 e. The zero-order valence-electron chi connectivity index (χ0n) is 26.3. The maximum atomic E-state index is 13.3. The number of pyridine rings is 1. The highest BCUT2D eigenvalue weighted by atomic mass is 16.5. The number of hydrogen-bond acceptors (Lipinski definition) is 7. The number of para-hydroxylation sites is 1. The van der Waals surface area contributed by atoms with Gasteiger partial charge in [-0.3, -0.25) is 19.2 Å². The van der Waals surface area contributed by atoms with Crippen molar-refractivity contribution in [2.24, 2.45) is 7.05 Å². The van der Waals surface area contributed by atoms with Crippen molar-refractivity contribution in [1.82, 2.24) is 19.2 Å². The van der Waals surface area contributed by atoms with Gasteiger partial charge < -0.3 is 20.5 Å². The van der Waals surface area contributed by atoms with Crippen LogP contribution in [0.2, 0.25) is 0 Å². The second-order valence-electron chi connectivity index (χ2n) is 11.4. The quantitative estimate of drug-likeness (QED) is 0.237. The Hall–Kier alpha value is -5.19. The van der Waals surface area contributed by atoms with E-state index >= 15 is 0 Å². The Morgan fingerprint density at radius 2 is 1.72 bits per heavy atom. The van der Waals surface area contributed by atoms with E-state index in [1.54, 1.807) is 37.0 Å². The minimum Gasteiger partial charge on any atom is -0.492 e. The molecule has 1 aliphatic heterocycles. The van der Waals surface area contributed by atoms with E-state index in [1.807, 2.05) is 73.7 Å². The number of hydrogen-bond donors (Lipinski definition) is 2. The summed E-state index contributed by atoms with van der Waals surface area (Å²) in [5, 5.41) is 2.89. The monoisotopic (exact) mass is 618 g/mol. The molecule has 0 radical (unpaired) electrons. The van der Waals surface area contributed by atoms with Crippen LogP contribution in [0.3, 0.4) is 0 Å². The van der Waals surface area contributed by atoms with Gasteiger partial charge in [-0.15, -0.1) is 0 Å². The number of carbonyl (C=O) groups excluding carboxylic acids is 1. The van der Waals surface area contributed by atoms with Crippen molar-refractivity contribution in [3.8, 4) is 33.7 Å². The molecule has 2 aromatic heterocycles. The molecule has 1 amide bonds. The van der Waals surface area contributed by atoms with Gasteiger partial charge in [-0.2, -0.15) is 0 Å². The van der Waals surface area contributed by atoms with E-state index in [0.717, 1.165) is 66.4 Å². The summed E-state index contributed by atoms with van der Waals surface area (Å²) < 4.78 is 14.7. The zero-order chi connectivity index (χ0) is 32.2. The van der Waals surface area contributed by atoms with Gasteiger partial charge in [-0.25, -0.2) is 9.67 Å². The van der Waals surface area contributed by atoms with Gasteiger partial charge in [0.25, 0.3) is 11.5 Å². The fraction of sp³-hybridized carbons (Fsp3) is 0.250. The number of carbonyl (C=O) groups is 1. The van der Waals surface area contributed by atoms with Crippen LogP contribution in [0, 0.1) is 13.8 Å². The molecule has 10 nitrogen and oxygen atoms in total. The lowest BCUT2D eigenvalue weighted by atomic mass is 9.94. The molecule has 5 aromatic rings. The van der Waals surface area contributed by atoms with E-state index in [0.29, 0.717) is 29.5 Å². The number of nitrogen functional groups attached to an aromatic ring is 1. The number of nitrogens with one attached hydrogen (secondary N) is 1. The molecule has 46 heavy (non-hydrogen) atoms. The predicted molar refractivity (Wildman–Crippen MR) is 181 cm³/mol. The predicted octanol–water partition coefficient (Wildman–Crippen LogP) is 5.07. The molecule has 0 spiro atoms. The minimum absolute atomic E-state index is 0.0970. The number of aromatic nitrogens is 3. The van der Waals surface area contributed by atoms with Gasteiger partial charge >= 0.3 is 0 Å². The number of anilines is 2. The van der Waals surface area contributed by atoms with Crippen LogP contribution in [-0.4, -0.2) is 64.6 Å². The lowest BCUT2D eigenvalue weighted by Gasteiger charge is -2.26. The first-order valence-electron chi connectivity index (χ1n) is 15.4. The number of nitrogens with zero attached hydrogens (tertiary/aromatic N) is 4. The number of nitrogens with two attached hydrogens (primary N) is 1. The fourth-order valence-corrected chi connectivity index (χ4v) is 5.89. The summed E-state index contributed by atoms with van der Waals surface area (Å²) in [6.45, 7) is 8.64. The molecule has 10 heteroatoms. The zero-order valence-corrected chi connectivity index (χ0v) is 26.3. The Morgan fingerprint density at radius 3 is 2.46 bits per heavy atom. The third-order valence-corrected chi connectivity index (χ3v) is 8.51. The number of amides is 1. The smallest absolute Gasteiger partial charge is 0.284 e. The second-order valence-corrected chi connectivity index (χ2v) is 11.4. The Labute approximate surface area is 268 Å². The molecular formula is C36H38N6O4. The summed E-state index contributed by atoms with van der Waals surface area (Å²) in [4.78, 5) is 33.5. The van der Waals surface area contributed by atoms with Crippen molar-refractivity contribution in [1.29, 1.82) is 0 Å². The van der Waals surface area contributed by atoms with Gasteiger partial charge in [0.1, 0.15) is 23.7 Å². The van der Waals surface area contributed by atoms with Crippen molar-refractivity contribution in [2.45, 2.75) is 13.8 Å². The van der Waals surface area contributed by atoms with Gasteiger partial charge in [-0.1, -0.05) is 42.5 Å². The lowest BCUT2D eigenvalue weighted by Crippen LogP contribution is -2.38. The van der Waals surface area contributed by atoms with Gasteiger partial charge in [0, 0.05) is 49.7 Å². The highest BCUT2D eigenvalue weighted by molar-refractivity contribution is 6.05. The van der Waals surface area contributed by atoms with Gasteiger partial charge in [0.05, 0.1) is 24.6 Å². The van der Waals surface area contributed by atoms with Crippen molar-refractivity contribution in [3.05, 3.63) is 112 Å². The SMILES string of the molecule is Cc1c(-c2cccc(OCCN3CCOCC3)c2)cnc(N)c1-c1ccc(NC(=O)c2c(C)n(C)n(-c3ccccc3)c2=O)cc1. The molecule has 0 atom stereocenters. The van der Waals surface area contributed by atoms with E-state index in [4.69, 9.17) is 15.2 Å². The molecular weight excluding hydrogens is 580 g/mol. The molecule has 0 aliphatic carbocycles. The third kappa shape index (κ3) is 6.30. The average Bonchev–Trinajstić information content (AvgIpc) is 3.29. The first-order chi connectivity index (χ1) is 22.3. The summed E-state index contributed by atoms with van der Waals surface area (Å²) in [5.74, 6) is 0.747. The van der Waals surface area contributed by atoms with Gasteiger partial charge in [-0.05, 0) is 66.9 Å². The van der Waals surface area contributed by atoms with Crippen LogP contribution in [0.25, 0.3) is 27.9 Å². The van der Waals surface area contributed by atoms with Crippen LogP contribution >= 0.6 is 0 Å². The molecule has 1 saturated heterocycles. The van der Waals surface area contributed by atoms with Gasteiger partial charge in [0.15, 0.2) is 0 Å². The Kier molecular flexibility index (Phi) is 9.00. The van der Waals surface area contributed by atoms with E-state index in [-0.39, 0.29) is 11.1 Å². The summed E-state index contributed by atoms with van der Waals surface area (Å²) in [7, 11) is 1.76. The van der Waals surface area contributed by atoms with Crippen molar-refractivity contribution in [2.75, 3.05) is 50.5 Å². The number of rotatable bonds is 9. The van der Waals surface area contributed by atoms with Crippen LogP contribution in [0.15, 0.2) is 89.9 Å². The molecule has 0 saturated carbocycles. The topological polar surface area (TPSA) is 117 Å². The number of morpholine rings is 1. The van der Waals surface area contributed by atoms with E-state index in [1.165, 1.54) is 4.68 Å². The summed E-state index contributed by atoms with van der Waals surface area (Å²) in [6.07, 6.45) is 1.79. The molecule has 1 aliphatic rings. The normalized spacial score (nSPS) is 13.5. The Morgan fingerprint density at radius 1 is 0.978 bits per heavy atom. The number of ether oxygens (including phenoxy) is 2. The van der Waals surface area contributed by atoms with Crippen molar-refractivity contribution < 1.29 is 14.3 Å². The minimum atomic E-state index is -0.466. The Bertz CT molecular complexity index is 1910. The lowest BCUT2D eigenvalue weighted by molar-refractivity contribution is 0.0322. The standard InChI is InChI=1S/C36H38N6O4/c1-24-31(27-8-7-11-30(22-27)46-21-18-41-16-19-45-20-17-41)23-38-34(37)32(24)26-12-14-28(15-13-26)39-35(43)33-25(2)40(3)42(36(33)44)29-9-5-4-6-10-29/h4-15,22-23H,16-21H2,1-3H3,(H2,37,38)(H,39,43). The maximum absolute atomic E-state index is 13.3. The van der Waals surface area contributed by atoms with Crippen LogP contribution in [0.1, 0.15) is 21.6 Å². The van der Waals surface area contributed by atoms with Crippen LogP contribution in [0.5, 0.6) is 5.75 Å². The van der Waals surface area contributed by atoms with Crippen LogP contribution < -0.4 is 21.3 Å². The largest absolute Gasteiger partial charge is 0.492 e. The van der Waals surface area contributed by atoms with E-state index in [2.05, 4.69) is 15.2 Å². The summed E-state index contributed by atoms with van der Waals surface area (Å²) in [5.41, 5.74) is 12.5. The van der Waals surface area contributed by atoms with Crippen molar-refractivity contribution >= 4 is 17.4 Å².